The van der Waals surface area contributed by atoms with Crippen molar-refractivity contribution in [3.63, 3.8) is 0 Å². The SMILES string of the molecule is C/C=C(\CCC(F)(F)F)C1=C(CN2CCN(c3ccc(C(=O)NSc4ccc(NC(CCN5CCNCC5)CSc5ccccc5)c(S(=O)(=O)C(F)(F)F)c4)cc3)CC2)CCC(C)(C)C1. The molecule has 0 spiro atoms. The topological polar surface area (TPSA) is 97.0 Å². The number of hydrogen-bond donors (Lipinski definition) is 3. The largest absolute Gasteiger partial charge is 0.501 e. The van der Waals surface area contributed by atoms with Crippen molar-refractivity contribution in [1.29, 1.82) is 0 Å². The molecule has 2 aliphatic heterocycles. The molecule has 9 nitrogen and oxygen atoms in total. The molecule has 6 rings (SSSR count). The summed E-state index contributed by atoms with van der Waals surface area (Å²) in [5.74, 6) is -0.0201. The van der Waals surface area contributed by atoms with Gasteiger partial charge in [0, 0.05) is 105 Å². The second-order valence-corrected chi connectivity index (χ2v) is 21.5. The third-order valence-corrected chi connectivity index (χ3v) is 15.7. The number of amides is 1. The van der Waals surface area contributed by atoms with E-state index in [0.717, 1.165) is 111 Å². The molecule has 1 atom stereocenters. The van der Waals surface area contributed by atoms with E-state index in [0.29, 0.717) is 30.8 Å². The Kier molecular flexibility index (Phi) is 17.5. The van der Waals surface area contributed by atoms with E-state index < -0.39 is 38.7 Å². The van der Waals surface area contributed by atoms with Crippen molar-refractivity contribution in [2.45, 2.75) is 91.7 Å². The summed E-state index contributed by atoms with van der Waals surface area (Å²) in [6.07, 6.45) is -0.0333. The molecule has 2 heterocycles. The highest BCUT2D eigenvalue weighted by molar-refractivity contribution is 7.99. The van der Waals surface area contributed by atoms with Crippen LogP contribution in [0.25, 0.3) is 0 Å². The second kappa shape index (κ2) is 22.4. The van der Waals surface area contributed by atoms with Gasteiger partial charge in [-0.15, -0.1) is 11.8 Å². The van der Waals surface area contributed by atoms with Crippen LogP contribution in [-0.4, -0.2) is 113 Å². The Balaban J connectivity index is 1.07. The van der Waals surface area contributed by atoms with Crippen molar-refractivity contribution in [3.05, 3.63) is 101 Å². The van der Waals surface area contributed by atoms with Crippen LogP contribution >= 0.6 is 23.7 Å². The molecule has 1 amide bonds. The van der Waals surface area contributed by atoms with E-state index in [1.54, 1.807) is 12.1 Å². The molecule has 0 saturated carbocycles. The van der Waals surface area contributed by atoms with Crippen LogP contribution in [0.5, 0.6) is 0 Å². The van der Waals surface area contributed by atoms with Gasteiger partial charge in [-0.3, -0.25) is 14.4 Å². The van der Waals surface area contributed by atoms with Crippen molar-refractivity contribution in [2.75, 3.05) is 81.4 Å². The minimum Gasteiger partial charge on any atom is -0.380 e. The number of piperazine rings is 2. The Morgan fingerprint density at radius 1 is 0.892 bits per heavy atom. The zero-order valence-corrected chi connectivity index (χ0v) is 39.6. The number of rotatable bonds is 18. The van der Waals surface area contributed by atoms with E-state index in [4.69, 9.17) is 0 Å². The molecule has 3 aliphatic rings. The van der Waals surface area contributed by atoms with Crippen LogP contribution in [0.4, 0.5) is 37.7 Å². The third kappa shape index (κ3) is 14.7. The van der Waals surface area contributed by atoms with Gasteiger partial charge in [0.05, 0.1) is 5.69 Å². The highest BCUT2D eigenvalue weighted by Gasteiger charge is 2.48. The zero-order valence-electron chi connectivity index (χ0n) is 37.2. The number of alkyl halides is 6. The number of hydrogen-bond acceptors (Lipinski definition) is 10. The summed E-state index contributed by atoms with van der Waals surface area (Å²) in [5.41, 5.74) is -1.35. The average Bonchev–Trinajstić information content (AvgIpc) is 3.28. The van der Waals surface area contributed by atoms with Crippen LogP contribution in [0.1, 0.15) is 69.7 Å². The van der Waals surface area contributed by atoms with Gasteiger partial charge in [-0.1, -0.05) is 43.7 Å². The fraction of sp³-hybridized carbons (Fsp3) is 0.511. The van der Waals surface area contributed by atoms with Gasteiger partial charge in [-0.25, -0.2) is 8.42 Å². The molecule has 2 saturated heterocycles. The van der Waals surface area contributed by atoms with Crippen LogP contribution in [0.15, 0.2) is 110 Å². The summed E-state index contributed by atoms with van der Waals surface area (Å²) < 4.78 is 111. The lowest BCUT2D eigenvalue weighted by molar-refractivity contribution is -0.133. The van der Waals surface area contributed by atoms with Crippen molar-refractivity contribution in [2.24, 2.45) is 5.41 Å². The maximum absolute atomic E-state index is 14.1. The number of anilines is 2. The molecular weight excluding hydrogens is 907 g/mol. The first-order valence-electron chi connectivity index (χ1n) is 22.1. The summed E-state index contributed by atoms with van der Waals surface area (Å²) in [6, 6.07) is 20.0. The van der Waals surface area contributed by atoms with Gasteiger partial charge in [0.25, 0.3) is 15.7 Å². The van der Waals surface area contributed by atoms with E-state index >= 15 is 0 Å². The lowest BCUT2D eigenvalue weighted by Crippen LogP contribution is -2.47. The Morgan fingerprint density at radius 3 is 2.23 bits per heavy atom. The van der Waals surface area contributed by atoms with Gasteiger partial charge in [0.2, 0.25) is 0 Å². The Hall–Kier alpha value is -3.68. The summed E-state index contributed by atoms with van der Waals surface area (Å²) in [4.78, 5) is 20.3. The van der Waals surface area contributed by atoms with Gasteiger partial charge < -0.3 is 20.4 Å². The first-order chi connectivity index (χ1) is 30.8. The quantitative estimate of drug-likeness (QED) is 0.0650. The molecule has 0 aromatic heterocycles. The van der Waals surface area contributed by atoms with Crippen molar-refractivity contribution >= 4 is 50.8 Å². The predicted octanol–water partition coefficient (Wildman–Crippen LogP) is 10.2. The number of halogens is 6. The highest BCUT2D eigenvalue weighted by atomic mass is 32.2. The molecule has 0 bridgehead atoms. The minimum absolute atomic E-state index is 0.0126. The smallest absolute Gasteiger partial charge is 0.380 e. The van der Waals surface area contributed by atoms with E-state index in [2.05, 4.69) is 43.9 Å². The van der Waals surface area contributed by atoms with Gasteiger partial charge in [-0.05, 0) is 122 Å². The number of thioether (sulfide) groups is 1. The normalized spacial score (nSPS) is 18.7. The molecule has 18 heteroatoms. The first-order valence-corrected chi connectivity index (χ1v) is 25.4. The third-order valence-electron chi connectivity index (χ3n) is 12.2. The van der Waals surface area contributed by atoms with E-state index in [1.165, 1.54) is 29.5 Å². The fourth-order valence-corrected chi connectivity index (χ4v) is 11.1. The molecule has 3 N–H and O–H groups in total. The summed E-state index contributed by atoms with van der Waals surface area (Å²) in [7, 11) is -5.77. The Bertz CT molecular complexity index is 2220. The zero-order chi connectivity index (χ0) is 46.8. The van der Waals surface area contributed by atoms with Crippen LogP contribution < -0.4 is 20.3 Å². The molecule has 0 radical (unpaired) electrons. The number of carbonyl (C=O) groups excluding carboxylic acids is 1. The van der Waals surface area contributed by atoms with Crippen LogP contribution in [-0.2, 0) is 9.84 Å². The predicted molar refractivity (Wildman–Crippen MR) is 250 cm³/mol. The van der Waals surface area contributed by atoms with Crippen LogP contribution in [0.3, 0.4) is 0 Å². The second-order valence-electron chi connectivity index (χ2n) is 17.6. The summed E-state index contributed by atoms with van der Waals surface area (Å²) in [5, 5.41) is 6.45. The van der Waals surface area contributed by atoms with Gasteiger partial charge in [0.15, 0.2) is 0 Å². The van der Waals surface area contributed by atoms with Gasteiger partial charge in [-0.2, -0.15) is 26.3 Å². The number of carbonyl (C=O) groups is 1. The number of allylic oxidation sites excluding steroid dienone is 3. The van der Waals surface area contributed by atoms with Crippen molar-refractivity contribution in [1.82, 2.24) is 19.8 Å². The highest BCUT2D eigenvalue weighted by Crippen LogP contribution is 2.43. The summed E-state index contributed by atoms with van der Waals surface area (Å²) in [6.45, 7) is 13.9. The molecule has 2 fully saturated rings. The standard InChI is InChI=1S/C47H60F6N6O3S3/c1-4-34(17-20-46(48,49)50)41-31-45(2,3)19-16-36(41)32-58-26-28-59(29-27-58)38-12-10-35(11-13-38)44(60)56-64-40-14-15-42(43(30-40)65(61,62)47(51,52)53)55-37(18-23-57-24-21-54-22-25-57)33-63-39-8-6-5-7-9-39/h4-15,30,37,54-55H,16-29,31-33H2,1-3H3,(H,56,60)/b34-4+. The molecule has 65 heavy (non-hydrogen) atoms. The van der Waals surface area contributed by atoms with Gasteiger partial charge in [0.1, 0.15) is 4.90 Å². The minimum atomic E-state index is -5.77. The summed E-state index contributed by atoms with van der Waals surface area (Å²) >= 11 is 2.27. The van der Waals surface area contributed by atoms with Crippen molar-refractivity contribution in [3.8, 4) is 0 Å². The molecule has 3 aromatic carbocycles. The lowest BCUT2D eigenvalue weighted by atomic mass is 9.71. The molecule has 3 aromatic rings. The number of nitrogens with one attached hydrogen (secondary N) is 3. The maximum Gasteiger partial charge on any atom is 0.501 e. The molecule has 356 valence electrons. The van der Waals surface area contributed by atoms with Crippen LogP contribution in [0.2, 0.25) is 0 Å². The Labute approximate surface area is 388 Å². The monoisotopic (exact) mass is 966 g/mol. The van der Waals surface area contributed by atoms with Gasteiger partial charge >= 0.3 is 11.7 Å². The lowest BCUT2D eigenvalue weighted by Gasteiger charge is -2.39. The number of benzene rings is 3. The number of nitrogens with zero attached hydrogens (tertiary/aromatic N) is 3. The molecule has 1 unspecified atom stereocenters. The molecular formula is C47H60F6N6O3S3. The maximum atomic E-state index is 14.1. The average molecular weight is 967 g/mol. The van der Waals surface area contributed by atoms with Crippen molar-refractivity contribution < 1.29 is 39.6 Å². The van der Waals surface area contributed by atoms with Crippen LogP contribution in [0, 0.1) is 5.41 Å². The molecule has 1 aliphatic carbocycles. The van der Waals surface area contributed by atoms with E-state index in [1.807, 2.05) is 55.5 Å². The first kappa shape index (κ1) is 50.7. The van der Waals surface area contributed by atoms with E-state index in [-0.39, 0.29) is 28.5 Å². The fourth-order valence-electron chi connectivity index (χ4n) is 8.45. The number of sulfone groups is 1. The van der Waals surface area contributed by atoms with E-state index in [9.17, 15) is 39.6 Å². The Morgan fingerprint density at radius 2 is 1.58 bits per heavy atom.